The van der Waals surface area contributed by atoms with E-state index in [9.17, 15) is 14.0 Å². The zero-order valence-electron chi connectivity index (χ0n) is 18.2. The highest BCUT2D eigenvalue weighted by molar-refractivity contribution is 6.00. The van der Waals surface area contributed by atoms with E-state index in [4.69, 9.17) is 9.47 Å². The van der Waals surface area contributed by atoms with Crippen molar-refractivity contribution in [3.63, 3.8) is 0 Å². The van der Waals surface area contributed by atoms with Gasteiger partial charge in [-0.1, -0.05) is 6.07 Å². The molecule has 168 valence electrons. The van der Waals surface area contributed by atoms with Crippen LogP contribution in [0.4, 0.5) is 10.1 Å². The first-order valence-electron chi connectivity index (χ1n) is 11.4. The maximum absolute atomic E-state index is 15.0. The molecule has 3 fully saturated rings. The van der Waals surface area contributed by atoms with E-state index in [0.29, 0.717) is 12.8 Å². The number of nitrogens with one attached hydrogen (secondary N) is 1. The third-order valence-electron chi connectivity index (χ3n) is 7.35. The fourth-order valence-corrected chi connectivity index (χ4v) is 6.01. The lowest BCUT2D eigenvalue weighted by molar-refractivity contribution is -0.155. The summed E-state index contributed by atoms with van der Waals surface area (Å²) in [6.07, 6.45) is 4.22. The van der Waals surface area contributed by atoms with Gasteiger partial charge in [0.2, 0.25) is 5.91 Å². The summed E-state index contributed by atoms with van der Waals surface area (Å²) < 4.78 is 27.0. The minimum absolute atomic E-state index is 0.104. The molecule has 1 aromatic heterocycles. The van der Waals surface area contributed by atoms with Crippen LogP contribution in [0.25, 0.3) is 0 Å². The van der Waals surface area contributed by atoms with Gasteiger partial charge in [-0.3, -0.25) is 9.59 Å². The van der Waals surface area contributed by atoms with Gasteiger partial charge < -0.3 is 14.4 Å². The van der Waals surface area contributed by atoms with Crippen molar-refractivity contribution in [2.24, 2.45) is 5.92 Å². The number of carbonyl (C=O) groups is 1. The van der Waals surface area contributed by atoms with Crippen LogP contribution in [0, 0.1) is 11.7 Å². The van der Waals surface area contributed by atoms with E-state index in [1.54, 1.807) is 17.0 Å². The molecule has 1 amide bonds. The fraction of sp³-hybridized carbons (Fsp3) is 0.542. The number of H-pyrrole nitrogens is 1. The van der Waals surface area contributed by atoms with E-state index in [-0.39, 0.29) is 41.3 Å². The molecule has 2 unspecified atom stereocenters. The van der Waals surface area contributed by atoms with E-state index in [2.05, 4.69) is 10.2 Å². The van der Waals surface area contributed by atoms with E-state index < -0.39 is 11.6 Å². The van der Waals surface area contributed by atoms with Gasteiger partial charge in [-0.15, -0.1) is 0 Å². The van der Waals surface area contributed by atoms with Crippen molar-refractivity contribution in [2.45, 2.75) is 76.4 Å². The Balaban J connectivity index is 1.33. The van der Waals surface area contributed by atoms with Crippen LogP contribution in [-0.2, 0) is 33.5 Å². The van der Waals surface area contributed by atoms with Crippen LogP contribution in [0.3, 0.4) is 0 Å². The molecule has 2 bridgehead atoms. The van der Waals surface area contributed by atoms with Crippen LogP contribution in [0.1, 0.15) is 55.5 Å². The smallest absolute Gasteiger partial charge is 0.267 e. The number of benzene rings is 1. The van der Waals surface area contributed by atoms with Gasteiger partial charge in [0.25, 0.3) is 5.56 Å². The second-order valence-electron chi connectivity index (χ2n) is 9.81. The third kappa shape index (κ3) is 2.96. The Morgan fingerprint density at radius 3 is 2.72 bits per heavy atom. The predicted octanol–water partition coefficient (Wildman–Crippen LogP) is 2.63. The van der Waals surface area contributed by atoms with E-state index >= 15 is 0 Å². The minimum atomic E-state index is -0.738. The number of hydrogen-bond acceptors (Lipinski definition) is 5. The van der Waals surface area contributed by atoms with Crippen molar-refractivity contribution in [1.29, 1.82) is 0 Å². The number of halogens is 1. The van der Waals surface area contributed by atoms with Gasteiger partial charge >= 0.3 is 0 Å². The number of carbonyl (C=O) groups excluding carboxylic acids is 1. The number of piperidine rings is 1. The molecule has 7 nitrogen and oxygen atoms in total. The summed E-state index contributed by atoms with van der Waals surface area (Å²) >= 11 is 0. The van der Waals surface area contributed by atoms with Crippen molar-refractivity contribution in [1.82, 2.24) is 10.2 Å². The Morgan fingerprint density at radius 2 is 1.91 bits per heavy atom. The zero-order valence-corrected chi connectivity index (χ0v) is 18.2. The number of nitrogens with zero attached hydrogens (tertiary/aromatic N) is 2. The van der Waals surface area contributed by atoms with Crippen LogP contribution >= 0.6 is 0 Å². The molecule has 1 N–H and O–H groups in total. The molecule has 4 atom stereocenters. The highest BCUT2D eigenvalue weighted by Crippen LogP contribution is 2.50. The molecule has 2 aliphatic carbocycles. The van der Waals surface area contributed by atoms with E-state index in [1.165, 1.54) is 6.07 Å². The quantitative estimate of drug-likeness (QED) is 0.795. The number of anilines is 1. The molecule has 1 aromatic carbocycles. The van der Waals surface area contributed by atoms with Crippen molar-refractivity contribution in [3.8, 4) is 0 Å². The van der Waals surface area contributed by atoms with Gasteiger partial charge in [0, 0.05) is 12.0 Å². The number of fused-ring (bicyclic) bond motifs is 6. The summed E-state index contributed by atoms with van der Waals surface area (Å²) in [4.78, 5) is 26.9. The Bertz CT molecular complexity index is 1180. The summed E-state index contributed by atoms with van der Waals surface area (Å²) in [5, 5.41) is 6.92. The molecule has 0 spiro atoms. The summed E-state index contributed by atoms with van der Waals surface area (Å²) in [5.41, 5.74) is 3.68. The Kier molecular flexibility index (Phi) is 4.36. The second-order valence-corrected chi connectivity index (χ2v) is 9.81. The molecule has 4 aliphatic rings. The first-order chi connectivity index (χ1) is 15.3. The maximum atomic E-state index is 15.0. The predicted molar refractivity (Wildman–Crippen MR) is 114 cm³/mol. The third-order valence-corrected chi connectivity index (χ3v) is 7.35. The number of rotatable bonds is 3. The molecule has 2 saturated heterocycles. The SMILES string of the molecule is CC1(C)OC2C3C[C@H](C(=O)N3c3cc(Cc4n[nH]c(=O)c5c4CCCC5)ccc3F)[C@H]2O1. The number of ether oxygens (including phenoxy) is 2. The average Bonchev–Trinajstić information content (AvgIpc) is 3.38. The van der Waals surface area contributed by atoms with E-state index in [1.807, 2.05) is 13.8 Å². The normalized spacial score (nSPS) is 30.0. The van der Waals surface area contributed by atoms with Crippen LogP contribution in [-0.4, -0.2) is 40.1 Å². The van der Waals surface area contributed by atoms with Crippen LogP contribution in [0.2, 0.25) is 0 Å². The van der Waals surface area contributed by atoms with Gasteiger partial charge in [-0.2, -0.15) is 5.10 Å². The topological polar surface area (TPSA) is 84.5 Å². The molecular formula is C24H26FN3O4. The van der Waals surface area contributed by atoms with E-state index in [0.717, 1.165) is 48.1 Å². The Hall–Kier alpha value is -2.58. The van der Waals surface area contributed by atoms with Crippen molar-refractivity contribution in [2.75, 3.05) is 4.90 Å². The molecule has 3 heterocycles. The summed E-state index contributed by atoms with van der Waals surface area (Å²) in [6.45, 7) is 3.69. The number of aromatic nitrogens is 2. The summed E-state index contributed by atoms with van der Waals surface area (Å²) in [5.74, 6) is -1.57. The molecule has 32 heavy (non-hydrogen) atoms. The first kappa shape index (κ1) is 20.1. The average molecular weight is 439 g/mol. The Labute approximate surface area is 184 Å². The molecule has 2 aromatic rings. The standard InChI is InChI=1S/C24H26FN3O4/c1-24(2)31-20-15-11-19(21(20)32-24)28(23(15)30)18-10-12(7-8-16(18)25)9-17-13-5-3-4-6-14(13)22(29)27-26-17/h7-8,10,15,19-21H,3-6,9,11H2,1-2H3,(H,27,29)/t15-,19?,20+,21?/m0/s1. The van der Waals surface area contributed by atoms with Gasteiger partial charge in [-0.05, 0) is 69.2 Å². The minimum Gasteiger partial charge on any atom is -0.344 e. The van der Waals surface area contributed by atoms with Gasteiger partial charge in [-0.25, -0.2) is 9.49 Å². The zero-order chi connectivity index (χ0) is 22.2. The van der Waals surface area contributed by atoms with Crippen LogP contribution in [0.5, 0.6) is 0 Å². The van der Waals surface area contributed by atoms with Gasteiger partial charge in [0.1, 0.15) is 18.0 Å². The van der Waals surface area contributed by atoms with Crippen molar-refractivity contribution in [3.05, 3.63) is 56.8 Å². The molecule has 6 rings (SSSR count). The molecular weight excluding hydrogens is 413 g/mol. The monoisotopic (exact) mass is 439 g/mol. The lowest BCUT2D eigenvalue weighted by atomic mass is 9.90. The lowest BCUT2D eigenvalue weighted by Crippen LogP contribution is -2.50. The lowest BCUT2D eigenvalue weighted by Gasteiger charge is -2.33. The number of amides is 1. The molecule has 8 heteroatoms. The van der Waals surface area contributed by atoms with Crippen molar-refractivity contribution >= 4 is 11.6 Å². The molecule has 2 aliphatic heterocycles. The molecule has 1 saturated carbocycles. The first-order valence-corrected chi connectivity index (χ1v) is 11.4. The number of aromatic amines is 1. The van der Waals surface area contributed by atoms with Gasteiger partial charge in [0.15, 0.2) is 5.79 Å². The Morgan fingerprint density at radius 1 is 1.16 bits per heavy atom. The van der Waals surface area contributed by atoms with Crippen molar-refractivity contribution < 1.29 is 18.7 Å². The molecule has 0 radical (unpaired) electrons. The highest BCUT2D eigenvalue weighted by Gasteiger charge is 2.64. The number of hydrogen-bond donors (Lipinski definition) is 1. The largest absolute Gasteiger partial charge is 0.344 e. The van der Waals surface area contributed by atoms with Gasteiger partial charge in [0.05, 0.1) is 23.3 Å². The summed E-state index contributed by atoms with van der Waals surface area (Å²) in [6, 6.07) is 4.64. The highest BCUT2D eigenvalue weighted by atomic mass is 19.1. The van der Waals surface area contributed by atoms with Crippen LogP contribution in [0.15, 0.2) is 23.0 Å². The fourth-order valence-electron chi connectivity index (χ4n) is 6.01. The summed E-state index contributed by atoms with van der Waals surface area (Å²) in [7, 11) is 0. The van der Waals surface area contributed by atoms with Crippen LogP contribution < -0.4 is 10.5 Å². The second kappa shape index (κ2) is 6.96. The maximum Gasteiger partial charge on any atom is 0.267 e.